The highest BCUT2D eigenvalue weighted by molar-refractivity contribution is 5.78. The second-order valence-electron chi connectivity index (χ2n) is 7.04. The molecule has 0 radical (unpaired) electrons. The SMILES string of the molecule is CC(C)C(=O)N1CCC2(CCCN2Cc2cccc(F)c2)C1. The lowest BCUT2D eigenvalue weighted by molar-refractivity contribution is -0.133. The minimum Gasteiger partial charge on any atom is -0.341 e. The molecule has 1 aromatic rings. The van der Waals surface area contributed by atoms with Crippen LogP contribution in [-0.2, 0) is 11.3 Å². The zero-order valence-corrected chi connectivity index (χ0v) is 13.5. The molecule has 120 valence electrons. The van der Waals surface area contributed by atoms with Gasteiger partial charge in [-0.1, -0.05) is 26.0 Å². The number of hydrogen-bond acceptors (Lipinski definition) is 2. The molecule has 0 N–H and O–H groups in total. The minimum atomic E-state index is -0.172. The first-order valence-corrected chi connectivity index (χ1v) is 8.28. The molecule has 0 bridgehead atoms. The summed E-state index contributed by atoms with van der Waals surface area (Å²) in [6.45, 7) is 7.44. The van der Waals surface area contributed by atoms with Crippen LogP contribution in [0.4, 0.5) is 4.39 Å². The third kappa shape index (κ3) is 2.89. The van der Waals surface area contributed by atoms with Crippen LogP contribution in [0.1, 0.15) is 38.7 Å². The summed E-state index contributed by atoms with van der Waals surface area (Å²) in [5, 5.41) is 0. The van der Waals surface area contributed by atoms with E-state index in [1.165, 1.54) is 12.5 Å². The summed E-state index contributed by atoms with van der Waals surface area (Å²) < 4.78 is 13.4. The molecular weight excluding hydrogens is 279 g/mol. The highest BCUT2D eigenvalue weighted by atomic mass is 19.1. The molecule has 22 heavy (non-hydrogen) atoms. The Bertz CT molecular complexity index is 560. The lowest BCUT2D eigenvalue weighted by Gasteiger charge is -2.35. The number of carbonyl (C=O) groups excluding carboxylic acids is 1. The van der Waals surface area contributed by atoms with Crippen LogP contribution in [0.5, 0.6) is 0 Å². The van der Waals surface area contributed by atoms with Crippen molar-refractivity contribution in [3.63, 3.8) is 0 Å². The van der Waals surface area contributed by atoms with Gasteiger partial charge in [0.1, 0.15) is 5.82 Å². The maximum atomic E-state index is 13.4. The maximum Gasteiger partial charge on any atom is 0.225 e. The summed E-state index contributed by atoms with van der Waals surface area (Å²) in [5.74, 6) is 0.150. The predicted octanol–water partition coefficient (Wildman–Crippen LogP) is 3.05. The second kappa shape index (κ2) is 5.99. The smallest absolute Gasteiger partial charge is 0.225 e. The molecule has 0 aliphatic carbocycles. The standard InChI is InChI=1S/C18H25FN2O/c1-14(2)17(22)20-10-8-18(13-20)7-4-9-21(18)12-15-5-3-6-16(19)11-15/h3,5-6,11,14H,4,7-10,12-13H2,1-2H3. The number of amides is 1. The molecule has 1 aromatic carbocycles. The Morgan fingerprint density at radius 3 is 2.86 bits per heavy atom. The normalized spacial score (nSPS) is 25.5. The van der Waals surface area contributed by atoms with E-state index in [2.05, 4.69) is 4.90 Å². The average molecular weight is 304 g/mol. The van der Waals surface area contributed by atoms with Gasteiger partial charge in [-0.2, -0.15) is 0 Å². The van der Waals surface area contributed by atoms with Gasteiger partial charge in [0, 0.05) is 31.1 Å². The van der Waals surface area contributed by atoms with E-state index >= 15 is 0 Å². The van der Waals surface area contributed by atoms with Crippen molar-refractivity contribution < 1.29 is 9.18 Å². The van der Waals surface area contributed by atoms with Crippen LogP contribution in [0.15, 0.2) is 24.3 Å². The lowest BCUT2D eigenvalue weighted by atomic mass is 9.94. The van der Waals surface area contributed by atoms with E-state index < -0.39 is 0 Å². The predicted molar refractivity (Wildman–Crippen MR) is 84.8 cm³/mol. The van der Waals surface area contributed by atoms with Crippen molar-refractivity contribution in [2.45, 2.75) is 45.2 Å². The number of carbonyl (C=O) groups is 1. The van der Waals surface area contributed by atoms with E-state index in [1.54, 1.807) is 12.1 Å². The molecule has 2 aliphatic heterocycles. The summed E-state index contributed by atoms with van der Waals surface area (Å²) in [6.07, 6.45) is 3.35. The summed E-state index contributed by atoms with van der Waals surface area (Å²) in [7, 11) is 0. The van der Waals surface area contributed by atoms with Gasteiger partial charge in [-0.15, -0.1) is 0 Å². The highest BCUT2D eigenvalue weighted by Crippen LogP contribution is 2.39. The van der Waals surface area contributed by atoms with Gasteiger partial charge in [0.2, 0.25) is 5.91 Å². The van der Waals surface area contributed by atoms with E-state index in [9.17, 15) is 9.18 Å². The fourth-order valence-corrected chi connectivity index (χ4v) is 3.97. The second-order valence-corrected chi connectivity index (χ2v) is 7.04. The van der Waals surface area contributed by atoms with Crippen molar-refractivity contribution in [1.29, 1.82) is 0 Å². The Morgan fingerprint density at radius 1 is 1.32 bits per heavy atom. The zero-order chi connectivity index (χ0) is 15.7. The number of benzene rings is 1. The molecule has 2 fully saturated rings. The first kappa shape index (κ1) is 15.5. The molecule has 4 heteroatoms. The lowest BCUT2D eigenvalue weighted by Crippen LogP contribution is -2.46. The molecule has 1 atom stereocenters. The van der Waals surface area contributed by atoms with E-state index in [-0.39, 0.29) is 23.2 Å². The van der Waals surface area contributed by atoms with Gasteiger partial charge in [0.15, 0.2) is 0 Å². The molecule has 0 saturated carbocycles. The van der Waals surface area contributed by atoms with E-state index in [4.69, 9.17) is 0 Å². The van der Waals surface area contributed by atoms with Crippen molar-refractivity contribution >= 4 is 5.91 Å². The van der Waals surface area contributed by atoms with Crippen LogP contribution in [0.25, 0.3) is 0 Å². The van der Waals surface area contributed by atoms with E-state index in [1.807, 2.05) is 24.8 Å². The summed E-state index contributed by atoms with van der Waals surface area (Å²) in [4.78, 5) is 16.7. The van der Waals surface area contributed by atoms with E-state index in [0.717, 1.165) is 44.6 Å². The van der Waals surface area contributed by atoms with Crippen molar-refractivity contribution in [3.8, 4) is 0 Å². The summed E-state index contributed by atoms with van der Waals surface area (Å²) in [6, 6.07) is 6.87. The van der Waals surface area contributed by atoms with Gasteiger partial charge in [0.05, 0.1) is 0 Å². The van der Waals surface area contributed by atoms with Crippen LogP contribution in [0.2, 0.25) is 0 Å². The van der Waals surface area contributed by atoms with Gasteiger partial charge >= 0.3 is 0 Å². The van der Waals surface area contributed by atoms with Gasteiger partial charge in [-0.25, -0.2) is 4.39 Å². The van der Waals surface area contributed by atoms with Crippen molar-refractivity contribution in [3.05, 3.63) is 35.6 Å². The Balaban J connectivity index is 1.72. The zero-order valence-electron chi connectivity index (χ0n) is 13.5. The van der Waals surface area contributed by atoms with Gasteiger partial charge in [-0.3, -0.25) is 9.69 Å². The molecule has 3 nitrogen and oxygen atoms in total. The summed E-state index contributed by atoms with van der Waals surface area (Å²) >= 11 is 0. The Hall–Kier alpha value is -1.42. The van der Waals surface area contributed by atoms with Gasteiger partial charge < -0.3 is 4.90 Å². The van der Waals surface area contributed by atoms with Crippen LogP contribution < -0.4 is 0 Å². The third-order valence-electron chi connectivity index (χ3n) is 5.14. The first-order chi connectivity index (χ1) is 10.5. The van der Waals surface area contributed by atoms with E-state index in [0.29, 0.717) is 0 Å². The fraction of sp³-hybridized carbons (Fsp3) is 0.611. The molecule has 1 amide bonds. The number of nitrogens with zero attached hydrogens (tertiary/aromatic N) is 2. The van der Waals surface area contributed by atoms with Crippen molar-refractivity contribution in [2.24, 2.45) is 5.92 Å². The first-order valence-electron chi connectivity index (χ1n) is 8.28. The molecule has 1 unspecified atom stereocenters. The third-order valence-corrected chi connectivity index (χ3v) is 5.14. The maximum absolute atomic E-state index is 13.4. The van der Waals surface area contributed by atoms with Crippen LogP contribution in [0.3, 0.4) is 0 Å². The molecule has 1 spiro atoms. The molecule has 2 heterocycles. The Kier molecular flexibility index (Phi) is 4.22. The molecule has 0 aromatic heterocycles. The topological polar surface area (TPSA) is 23.6 Å². The number of halogens is 1. The number of hydrogen-bond donors (Lipinski definition) is 0. The van der Waals surface area contributed by atoms with Crippen molar-refractivity contribution in [2.75, 3.05) is 19.6 Å². The van der Waals surface area contributed by atoms with Crippen LogP contribution in [0, 0.1) is 11.7 Å². The molecular formula is C18H25FN2O. The van der Waals surface area contributed by atoms with Gasteiger partial charge in [0.25, 0.3) is 0 Å². The Morgan fingerprint density at radius 2 is 2.14 bits per heavy atom. The molecule has 2 saturated heterocycles. The molecule has 2 aliphatic rings. The summed E-state index contributed by atoms with van der Waals surface area (Å²) in [5.41, 5.74) is 1.13. The Labute approximate surface area is 132 Å². The largest absolute Gasteiger partial charge is 0.341 e. The average Bonchev–Trinajstić information content (AvgIpc) is 3.07. The highest BCUT2D eigenvalue weighted by Gasteiger charge is 2.47. The number of rotatable bonds is 3. The number of likely N-dealkylation sites (tertiary alicyclic amines) is 2. The van der Waals surface area contributed by atoms with Crippen LogP contribution >= 0.6 is 0 Å². The van der Waals surface area contributed by atoms with Crippen molar-refractivity contribution in [1.82, 2.24) is 9.80 Å². The monoisotopic (exact) mass is 304 g/mol. The fourth-order valence-electron chi connectivity index (χ4n) is 3.97. The van der Waals surface area contributed by atoms with Gasteiger partial charge in [-0.05, 0) is 43.5 Å². The minimum absolute atomic E-state index is 0.0632. The van der Waals surface area contributed by atoms with Crippen LogP contribution in [-0.4, -0.2) is 40.9 Å². The quantitative estimate of drug-likeness (QED) is 0.857. The molecule has 3 rings (SSSR count).